The zero-order chi connectivity index (χ0) is 12.2. The molecule has 0 radical (unpaired) electrons. The summed E-state index contributed by atoms with van der Waals surface area (Å²) >= 11 is 0. The van der Waals surface area contributed by atoms with E-state index in [1.54, 1.807) is 0 Å². The molecule has 0 N–H and O–H groups in total. The van der Waals surface area contributed by atoms with Crippen LogP contribution in [0.2, 0.25) is 0 Å². The van der Waals surface area contributed by atoms with Crippen LogP contribution < -0.4 is 0 Å². The highest BCUT2D eigenvalue weighted by Crippen LogP contribution is 2.40. The Morgan fingerprint density at radius 1 is 1.38 bits per heavy atom. The number of likely N-dealkylation sites (N-methyl/N-ethyl adjacent to an activating group) is 1. The highest BCUT2D eigenvalue weighted by Gasteiger charge is 2.47. The smallest absolute Gasteiger partial charge is 0.138 e. The average molecular weight is 221 g/mol. The van der Waals surface area contributed by atoms with Crippen molar-refractivity contribution in [1.29, 1.82) is 0 Å². The Hall–Kier alpha value is -1.02. The molecule has 2 aliphatic heterocycles. The predicted octanol–water partition coefficient (Wildman–Crippen LogP) is 3.13. The minimum absolute atomic E-state index is 0.0626. The van der Waals surface area contributed by atoms with Crippen LogP contribution in [-0.4, -0.2) is 30.6 Å². The Morgan fingerprint density at radius 3 is 2.44 bits per heavy atom. The molecule has 2 heteroatoms. The lowest BCUT2D eigenvalue weighted by Crippen LogP contribution is -2.59. The van der Waals surface area contributed by atoms with Gasteiger partial charge in [0.2, 0.25) is 0 Å². The van der Waals surface area contributed by atoms with Gasteiger partial charge in [-0.1, -0.05) is 32.6 Å². The molecule has 1 saturated heterocycles. The lowest BCUT2D eigenvalue weighted by atomic mass is 9.89. The van der Waals surface area contributed by atoms with Gasteiger partial charge >= 0.3 is 0 Å². The minimum Gasteiger partial charge on any atom is -0.484 e. The first-order valence-corrected chi connectivity index (χ1v) is 6.05. The molecule has 90 valence electrons. The molecule has 0 aromatic rings. The summed E-state index contributed by atoms with van der Waals surface area (Å²) in [4.78, 5) is 2.28. The van der Waals surface area contributed by atoms with Crippen LogP contribution in [0.4, 0.5) is 0 Å². The standard InChI is InChI=1S/C12H17NO.C2H6/c1-4-6-11-10(5-2)7-12(14-11)8-13(3)9-12;1-2/h4-6H,2,7-9H2,1,3H3;1-2H3/b6-4-;. The number of rotatable bonds is 2. The maximum Gasteiger partial charge on any atom is 0.138 e. The summed E-state index contributed by atoms with van der Waals surface area (Å²) in [5.74, 6) is 1.01. The molecule has 1 spiro atoms. The van der Waals surface area contributed by atoms with Gasteiger partial charge < -0.3 is 4.74 Å². The summed E-state index contributed by atoms with van der Waals surface area (Å²) < 4.78 is 5.98. The second-order valence-corrected chi connectivity index (χ2v) is 4.23. The number of nitrogens with zero attached hydrogens (tertiary/aromatic N) is 1. The number of likely N-dealkylation sites (tertiary alicyclic amines) is 1. The van der Waals surface area contributed by atoms with E-state index in [2.05, 4.69) is 18.5 Å². The summed E-state index contributed by atoms with van der Waals surface area (Å²) in [6.07, 6.45) is 6.98. The molecule has 1 fully saturated rings. The molecule has 2 aliphatic rings. The third kappa shape index (κ3) is 2.38. The molecule has 0 unspecified atom stereocenters. The van der Waals surface area contributed by atoms with Crippen molar-refractivity contribution in [1.82, 2.24) is 4.90 Å². The highest BCUT2D eigenvalue weighted by atomic mass is 16.5. The first kappa shape index (κ1) is 13.0. The van der Waals surface area contributed by atoms with E-state index in [0.717, 1.165) is 25.3 Å². The molecule has 2 nitrogen and oxygen atoms in total. The quantitative estimate of drug-likeness (QED) is 0.710. The summed E-state index contributed by atoms with van der Waals surface area (Å²) in [7, 11) is 2.12. The fourth-order valence-corrected chi connectivity index (χ4v) is 2.35. The SMILES string of the molecule is C=CC1=C(/C=C\C)OC2(C1)CN(C)C2.CC. The van der Waals surface area contributed by atoms with E-state index in [0.29, 0.717) is 0 Å². The van der Waals surface area contributed by atoms with E-state index in [9.17, 15) is 0 Å². The molecule has 0 aromatic heterocycles. The van der Waals surface area contributed by atoms with E-state index in [1.807, 2.05) is 39.0 Å². The maximum absolute atomic E-state index is 5.98. The van der Waals surface area contributed by atoms with Crippen molar-refractivity contribution in [2.24, 2.45) is 0 Å². The lowest BCUT2D eigenvalue weighted by molar-refractivity contribution is -0.0854. The Morgan fingerprint density at radius 2 is 2.00 bits per heavy atom. The van der Waals surface area contributed by atoms with Gasteiger partial charge in [-0.3, -0.25) is 4.90 Å². The van der Waals surface area contributed by atoms with Gasteiger partial charge in [-0.25, -0.2) is 0 Å². The molecule has 0 atom stereocenters. The van der Waals surface area contributed by atoms with Gasteiger partial charge in [0.15, 0.2) is 0 Å². The molecule has 2 heterocycles. The van der Waals surface area contributed by atoms with Crippen LogP contribution in [-0.2, 0) is 4.74 Å². The number of hydrogen-bond donors (Lipinski definition) is 0. The summed E-state index contributed by atoms with van der Waals surface area (Å²) in [5.41, 5.74) is 1.31. The lowest BCUT2D eigenvalue weighted by Gasteiger charge is -2.45. The van der Waals surface area contributed by atoms with Crippen LogP contribution in [0.5, 0.6) is 0 Å². The molecule has 0 amide bonds. The van der Waals surface area contributed by atoms with Crippen molar-refractivity contribution in [3.63, 3.8) is 0 Å². The summed E-state index contributed by atoms with van der Waals surface area (Å²) in [6.45, 7) is 11.9. The van der Waals surface area contributed by atoms with Crippen LogP contribution in [0.3, 0.4) is 0 Å². The van der Waals surface area contributed by atoms with Gasteiger partial charge in [0, 0.05) is 19.5 Å². The molecule has 16 heavy (non-hydrogen) atoms. The van der Waals surface area contributed by atoms with Gasteiger partial charge in [-0.05, 0) is 25.6 Å². The van der Waals surface area contributed by atoms with Crippen molar-refractivity contribution in [2.75, 3.05) is 20.1 Å². The Kier molecular flexibility index (Phi) is 4.36. The molecular weight excluding hydrogens is 198 g/mol. The maximum atomic E-state index is 5.98. The molecule has 2 rings (SSSR count). The van der Waals surface area contributed by atoms with Crippen molar-refractivity contribution in [3.05, 3.63) is 36.1 Å². The van der Waals surface area contributed by atoms with Crippen molar-refractivity contribution < 1.29 is 4.74 Å². The van der Waals surface area contributed by atoms with Crippen LogP contribution >= 0.6 is 0 Å². The predicted molar refractivity (Wildman–Crippen MR) is 69.3 cm³/mol. The van der Waals surface area contributed by atoms with Gasteiger partial charge in [0.1, 0.15) is 11.4 Å². The van der Waals surface area contributed by atoms with Crippen molar-refractivity contribution in [3.8, 4) is 0 Å². The Bertz CT molecular complexity index is 309. The average Bonchev–Trinajstić information content (AvgIpc) is 2.60. The topological polar surface area (TPSA) is 12.5 Å². The third-order valence-corrected chi connectivity index (χ3v) is 2.84. The van der Waals surface area contributed by atoms with Crippen LogP contribution in [0.25, 0.3) is 0 Å². The molecule has 0 bridgehead atoms. The normalized spacial score (nSPS) is 22.8. The second-order valence-electron chi connectivity index (χ2n) is 4.23. The first-order chi connectivity index (χ1) is 7.69. The number of hydrogen-bond acceptors (Lipinski definition) is 2. The van der Waals surface area contributed by atoms with Crippen molar-refractivity contribution in [2.45, 2.75) is 32.8 Å². The summed E-state index contributed by atoms with van der Waals surface area (Å²) in [5, 5.41) is 0. The molecule has 0 aromatic carbocycles. The van der Waals surface area contributed by atoms with Crippen LogP contribution in [0.15, 0.2) is 36.1 Å². The van der Waals surface area contributed by atoms with Crippen molar-refractivity contribution >= 4 is 0 Å². The number of allylic oxidation sites excluding steroid dienone is 3. The van der Waals surface area contributed by atoms with E-state index in [4.69, 9.17) is 4.74 Å². The van der Waals surface area contributed by atoms with E-state index < -0.39 is 0 Å². The van der Waals surface area contributed by atoms with Crippen LogP contribution in [0.1, 0.15) is 27.2 Å². The van der Waals surface area contributed by atoms with Gasteiger partial charge in [0.25, 0.3) is 0 Å². The van der Waals surface area contributed by atoms with E-state index in [1.165, 1.54) is 5.57 Å². The van der Waals surface area contributed by atoms with Crippen LogP contribution in [0, 0.1) is 0 Å². The highest BCUT2D eigenvalue weighted by molar-refractivity contribution is 5.35. The van der Waals surface area contributed by atoms with E-state index in [-0.39, 0.29) is 5.60 Å². The fourth-order valence-electron chi connectivity index (χ4n) is 2.35. The second kappa shape index (κ2) is 5.35. The first-order valence-electron chi connectivity index (χ1n) is 6.05. The monoisotopic (exact) mass is 221 g/mol. The zero-order valence-corrected chi connectivity index (χ0v) is 10.9. The van der Waals surface area contributed by atoms with Gasteiger partial charge in [-0.2, -0.15) is 0 Å². The van der Waals surface area contributed by atoms with E-state index >= 15 is 0 Å². The van der Waals surface area contributed by atoms with Gasteiger partial charge in [-0.15, -0.1) is 0 Å². The number of ether oxygens (including phenoxy) is 1. The van der Waals surface area contributed by atoms with Gasteiger partial charge in [0.05, 0.1) is 0 Å². The largest absolute Gasteiger partial charge is 0.484 e. The summed E-state index contributed by atoms with van der Waals surface area (Å²) in [6, 6.07) is 0. The molecule has 0 aliphatic carbocycles. The minimum atomic E-state index is 0.0626. The zero-order valence-electron chi connectivity index (χ0n) is 10.9. The molecule has 0 saturated carbocycles. The molecular formula is C14H23NO. The fraction of sp³-hybridized carbons (Fsp3) is 0.571. The third-order valence-electron chi connectivity index (χ3n) is 2.84. The Labute approximate surface area is 99.3 Å². The Balaban J connectivity index is 0.000000606.